The van der Waals surface area contributed by atoms with Gasteiger partial charge in [-0.3, -0.25) is 14.7 Å². The summed E-state index contributed by atoms with van der Waals surface area (Å²) >= 11 is 0. The fourth-order valence-electron chi connectivity index (χ4n) is 2.46. The number of rotatable bonds is 6. The number of likely N-dealkylation sites (N-methyl/N-ethyl adjacent to an activating group) is 1. The van der Waals surface area contributed by atoms with E-state index in [1.807, 2.05) is 24.1 Å². The number of likely N-dealkylation sites (tertiary alicyclic amines) is 1. The standard InChI is InChI=1S/C14H23N5O/c1-19-10-11(15)8-13(19)14(20)18-7-3-6-17-12-4-2-5-16-9-12/h2,4-5,9,11,13,17H,3,6-8,10,15H2,1H3,(H,18,20)/t11-,13-/m0/s1. The molecule has 1 aliphatic heterocycles. The van der Waals surface area contributed by atoms with Crippen molar-refractivity contribution in [3.63, 3.8) is 0 Å². The molecule has 1 amide bonds. The molecule has 2 rings (SSSR count). The molecule has 0 bridgehead atoms. The summed E-state index contributed by atoms with van der Waals surface area (Å²) in [5.74, 6) is 0.0850. The minimum atomic E-state index is -0.0729. The highest BCUT2D eigenvalue weighted by molar-refractivity contribution is 5.82. The minimum absolute atomic E-state index is 0.0729. The maximum atomic E-state index is 12.0. The van der Waals surface area contributed by atoms with Crippen molar-refractivity contribution in [1.82, 2.24) is 15.2 Å². The third kappa shape index (κ3) is 4.18. The molecule has 0 spiro atoms. The van der Waals surface area contributed by atoms with Crippen LogP contribution in [-0.4, -0.2) is 54.6 Å². The van der Waals surface area contributed by atoms with Crippen molar-refractivity contribution >= 4 is 11.6 Å². The molecule has 1 aliphatic rings. The molecule has 6 heteroatoms. The topological polar surface area (TPSA) is 83.3 Å². The molecule has 0 aliphatic carbocycles. The van der Waals surface area contributed by atoms with Gasteiger partial charge < -0.3 is 16.4 Å². The summed E-state index contributed by atoms with van der Waals surface area (Å²) in [6, 6.07) is 3.91. The molecule has 0 aromatic carbocycles. The fourth-order valence-corrected chi connectivity index (χ4v) is 2.46. The second-order valence-electron chi connectivity index (χ2n) is 5.26. The molecule has 20 heavy (non-hydrogen) atoms. The molecule has 0 saturated carbocycles. The van der Waals surface area contributed by atoms with Gasteiger partial charge in [0.05, 0.1) is 11.7 Å². The van der Waals surface area contributed by atoms with Crippen LogP contribution in [0.2, 0.25) is 0 Å². The molecule has 2 heterocycles. The van der Waals surface area contributed by atoms with Gasteiger partial charge in [0.1, 0.15) is 0 Å². The largest absolute Gasteiger partial charge is 0.384 e. The minimum Gasteiger partial charge on any atom is -0.384 e. The summed E-state index contributed by atoms with van der Waals surface area (Å²) in [7, 11) is 1.95. The summed E-state index contributed by atoms with van der Waals surface area (Å²) in [6.07, 6.45) is 5.15. The van der Waals surface area contributed by atoms with Crippen molar-refractivity contribution < 1.29 is 4.79 Å². The van der Waals surface area contributed by atoms with Crippen LogP contribution in [0.5, 0.6) is 0 Å². The highest BCUT2D eigenvalue weighted by Gasteiger charge is 2.32. The predicted molar refractivity (Wildman–Crippen MR) is 79.4 cm³/mol. The van der Waals surface area contributed by atoms with E-state index in [-0.39, 0.29) is 18.0 Å². The summed E-state index contributed by atoms with van der Waals surface area (Å²) in [6.45, 7) is 2.28. The molecule has 1 aromatic rings. The Morgan fingerprint density at radius 1 is 1.55 bits per heavy atom. The number of carbonyl (C=O) groups is 1. The smallest absolute Gasteiger partial charge is 0.237 e. The molecule has 110 valence electrons. The lowest BCUT2D eigenvalue weighted by Gasteiger charge is -2.18. The van der Waals surface area contributed by atoms with Crippen LogP contribution in [0.3, 0.4) is 0 Å². The van der Waals surface area contributed by atoms with Gasteiger partial charge in [-0.2, -0.15) is 0 Å². The van der Waals surface area contributed by atoms with Crippen LogP contribution < -0.4 is 16.4 Å². The van der Waals surface area contributed by atoms with Crippen LogP contribution in [0, 0.1) is 0 Å². The van der Waals surface area contributed by atoms with Crippen LogP contribution in [0.1, 0.15) is 12.8 Å². The van der Waals surface area contributed by atoms with Gasteiger partial charge in [-0.1, -0.05) is 0 Å². The number of nitrogens with one attached hydrogen (secondary N) is 2. The number of hydrogen-bond donors (Lipinski definition) is 3. The van der Waals surface area contributed by atoms with E-state index in [9.17, 15) is 4.79 Å². The predicted octanol–water partition coefficient (Wildman–Crippen LogP) is 0.0312. The molecule has 4 N–H and O–H groups in total. The quantitative estimate of drug-likeness (QED) is 0.639. The summed E-state index contributed by atoms with van der Waals surface area (Å²) in [5, 5.41) is 6.23. The molecule has 1 aromatic heterocycles. The van der Waals surface area contributed by atoms with E-state index in [2.05, 4.69) is 15.6 Å². The number of anilines is 1. The van der Waals surface area contributed by atoms with E-state index < -0.39 is 0 Å². The Morgan fingerprint density at radius 2 is 2.40 bits per heavy atom. The number of nitrogens with zero attached hydrogens (tertiary/aromatic N) is 2. The van der Waals surface area contributed by atoms with Crippen molar-refractivity contribution in [1.29, 1.82) is 0 Å². The van der Waals surface area contributed by atoms with Gasteiger partial charge in [0.25, 0.3) is 0 Å². The van der Waals surface area contributed by atoms with E-state index in [1.165, 1.54) is 0 Å². The van der Waals surface area contributed by atoms with Crippen LogP contribution in [0.4, 0.5) is 5.69 Å². The number of aromatic nitrogens is 1. The number of amides is 1. The number of pyridine rings is 1. The van der Waals surface area contributed by atoms with Crippen LogP contribution in [0.25, 0.3) is 0 Å². The number of hydrogen-bond acceptors (Lipinski definition) is 5. The van der Waals surface area contributed by atoms with Gasteiger partial charge in [-0.15, -0.1) is 0 Å². The van der Waals surface area contributed by atoms with Crippen LogP contribution in [0.15, 0.2) is 24.5 Å². The monoisotopic (exact) mass is 277 g/mol. The Bertz CT molecular complexity index is 425. The lowest BCUT2D eigenvalue weighted by molar-refractivity contribution is -0.125. The molecule has 1 saturated heterocycles. The average Bonchev–Trinajstić information content (AvgIpc) is 2.78. The first-order valence-corrected chi connectivity index (χ1v) is 7.04. The molecule has 0 unspecified atom stereocenters. The SMILES string of the molecule is CN1C[C@@H](N)C[C@H]1C(=O)NCCCNc1cccnc1. The zero-order chi connectivity index (χ0) is 14.4. The van der Waals surface area contributed by atoms with Gasteiger partial charge in [-0.25, -0.2) is 0 Å². The van der Waals surface area contributed by atoms with Gasteiger partial charge >= 0.3 is 0 Å². The maximum absolute atomic E-state index is 12.0. The van der Waals surface area contributed by atoms with E-state index in [0.29, 0.717) is 6.54 Å². The Morgan fingerprint density at radius 3 is 3.05 bits per heavy atom. The van der Waals surface area contributed by atoms with Crippen molar-refractivity contribution in [2.24, 2.45) is 5.73 Å². The third-order valence-electron chi connectivity index (χ3n) is 3.53. The van der Waals surface area contributed by atoms with Gasteiger partial charge in [-0.05, 0) is 32.0 Å². The lowest BCUT2D eigenvalue weighted by Crippen LogP contribution is -2.41. The number of carbonyl (C=O) groups excluding carboxylic acids is 1. The third-order valence-corrected chi connectivity index (χ3v) is 3.53. The van der Waals surface area contributed by atoms with Crippen molar-refractivity contribution in [2.75, 3.05) is 32.0 Å². The molecule has 0 radical (unpaired) electrons. The van der Waals surface area contributed by atoms with Crippen LogP contribution >= 0.6 is 0 Å². The van der Waals surface area contributed by atoms with Gasteiger partial charge in [0.2, 0.25) is 5.91 Å². The fraction of sp³-hybridized carbons (Fsp3) is 0.571. The van der Waals surface area contributed by atoms with Crippen molar-refractivity contribution in [3.05, 3.63) is 24.5 Å². The first-order chi connectivity index (χ1) is 9.66. The molecule has 6 nitrogen and oxygen atoms in total. The van der Waals surface area contributed by atoms with Gasteiger partial charge in [0, 0.05) is 38.1 Å². The second-order valence-corrected chi connectivity index (χ2v) is 5.26. The first-order valence-electron chi connectivity index (χ1n) is 7.04. The second kappa shape index (κ2) is 7.21. The first kappa shape index (κ1) is 14.7. The lowest BCUT2D eigenvalue weighted by atomic mass is 10.1. The summed E-state index contributed by atoms with van der Waals surface area (Å²) < 4.78 is 0. The zero-order valence-electron chi connectivity index (χ0n) is 11.9. The van der Waals surface area contributed by atoms with E-state index >= 15 is 0 Å². The number of nitrogens with two attached hydrogens (primary N) is 1. The Balaban J connectivity index is 1.60. The van der Waals surface area contributed by atoms with Crippen molar-refractivity contribution in [2.45, 2.75) is 24.9 Å². The molecular formula is C14H23N5O. The Labute approximate surface area is 119 Å². The van der Waals surface area contributed by atoms with E-state index in [4.69, 9.17) is 5.73 Å². The molecular weight excluding hydrogens is 254 g/mol. The molecule has 2 atom stereocenters. The zero-order valence-corrected chi connectivity index (χ0v) is 11.9. The van der Waals surface area contributed by atoms with Crippen LogP contribution in [-0.2, 0) is 4.79 Å². The Hall–Kier alpha value is -1.66. The highest BCUT2D eigenvalue weighted by Crippen LogP contribution is 2.13. The summed E-state index contributed by atoms with van der Waals surface area (Å²) in [5.41, 5.74) is 6.86. The normalized spacial score (nSPS) is 22.7. The Kier molecular flexibility index (Phi) is 5.31. The summed E-state index contributed by atoms with van der Waals surface area (Å²) in [4.78, 5) is 18.0. The average molecular weight is 277 g/mol. The van der Waals surface area contributed by atoms with Gasteiger partial charge in [0.15, 0.2) is 0 Å². The molecule has 1 fully saturated rings. The highest BCUT2D eigenvalue weighted by atomic mass is 16.2. The van der Waals surface area contributed by atoms with Crippen molar-refractivity contribution in [3.8, 4) is 0 Å². The van der Waals surface area contributed by atoms with E-state index in [0.717, 1.165) is 31.6 Å². The maximum Gasteiger partial charge on any atom is 0.237 e. The van der Waals surface area contributed by atoms with E-state index in [1.54, 1.807) is 12.4 Å².